The van der Waals surface area contributed by atoms with Crippen molar-refractivity contribution < 1.29 is 24.0 Å². The quantitative estimate of drug-likeness (QED) is 0.572. The predicted octanol–water partition coefficient (Wildman–Crippen LogP) is 0.861. The van der Waals surface area contributed by atoms with Gasteiger partial charge in [-0.15, -0.1) is 0 Å². The minimum atomic E-state index is -0.998. The number of halogens is 1. The maximum Gasteiger partial charge on any atom is 0.305 e. The van der Waals surface area contributed by atoms with Crippen LogP contribution in [-0.2, 0) is 4.74 Å². The maximum atomic E-state index is 13.1. The Hall–Kier alpha value is -2.06. The molecule has 0 heterocycles. The fraction of sp³-hybridized carbons (Fsp3) is 0.417. The average molecular weight is 286 g/mol. The van der Waals surface area contributed by atoms with E-state index in [-0.39, 0.29) is 25.1 Å². The highest BCUT2D eigenvalue weighted by Gasteiger charge is 2.17. The van der Waals surface area contributed by atoms with Crippen LogP contribution in [0.5, 0.6) is 0 Å². The van der Waals surface area contributed by atoms with Crippen molar-refractivity contribution in [3.63, 3.8) is 0 Å². The summed E-state index contributed by atoms with van der Waals surface area (Å²) in [6.07, 6.45) is -0.425. The van der Waals surface area contributed by atoms with Crippen molar-refractivity contribution in [3.05, 3.63) is 39.7 Å². The molecule has 0 bridgehead atoms. The van der Waals surface area contributed by atoms with Gasteiger partial charge in [0.05, 0.1) is 17.6 Å². The van der Waals surface area contributed by atoms with Gasteiger partial charge in [0.1, 0.15) is 0 Å². The number of methoxy groups -OCH3 is 1. The normalized spacial score (nSPS) is 11.9. The maximum absolute atomic E-state index is 13.1. The molecule has 7 nitrogen and oxygen atoms in total. The van der Waals surface area contributed by atoms with Gasteiger partial charge in [0, 0.05) is 25.3 Å². The fourth-order valence-electron chi connectivity index (χ4n) is 1.52. The lowest BCUT2D eigenvalue weighted by atomic mass is 10.1. The number of ether oxygens (including phenoxy) is 1. The van der Waals surface area contributed by atoms with Crippen molar-refractivity contribution in [2.45, 2.75) is 12.5 Å². The number of nitrogens with zero attached hydrogens (tertiary/aromatic N) is 1. The molecule has 0 saturated heterocycles. The summed E-state index contributed by atoms with van der Waals surface area (Å²) in [6.45, 7) is 0.326. The van der Waals surface area contributed by atoms with E-state index in [1.165, 1.54) is 7.11 Å². The molecule has 0 spiro atoms. The van der Waals surface area contributed by atoms with Crippen molar-refractivity contribution in [1.82, 2.24) is 5.32 Å². The van der Waals surface area contributed by atoms with Gasteiger partial charge in [-0.1, -0.05) is 0 Å². The van der Waals surface area contributed by atoms with Crippen molar-refractivity contribution in [2.24, 2.45) is 0 Å². The number of hydrogen-bond donors (Lipinski definition) is 2. The molecule has 110 valence electrons. The van der Waals surface area contributed by atoms with Crippen molar-refractivity contribution in [3.8, 4) is 0 Å². The first kappa shape index (κ1) is 16.0. The number of nitro benzene ring substituents is 1. The molecule has 0 aromatic heterocycles. The summed E-state index contributed by atoms with van der Waals surface area (Å²) in [4.78, 5) is 21.4. The van der Waals surface area contributed by atoms with Crippen LogP contribution in [0.15, 0.2) is 18.2 Å². The van der Waals surface area contributed by atoms with E-state index < -0.39 is 28.4 Å². The van der Waals surface area contributed by atoms with Gasteiger partial charge in [-0.25, -0.2) is 0 Å². The van der Waals surface area contributed by atoms with Gasteiger partial charge in [-0.3, -0.25) is 14.9 Å². The highest BCUT2D eigenvalue weighted by atomic mass is 19.1. The minimum absolute atomic E-state index is 0.0145. The largest absolute Gasteiger partial charge is 0.391 e. The summed E-state index contributed by atoms with van der Waals surface area (Å²) in [5.74, 6) is -1.57. The smallest absolute Gasteiger partial charge is 0.305 e. The molecule has 1 rings (SSSR count). The number of hydrogen-bond acceptors (Lipinski definition) is 5. The molecule has 0 aliphatic heterocycles. The van der Waals surface area contributed by atoms with E-state index >= 15 is 0 Å². The number of carbonyl (C=O) groups excluding carboxylic acids is 1. The number of benzene rings is 1. The molecule has 0 aliphatic rings. The van der Waals surface area contributed by atoms with E-state index in [1.54, 1.807) is 0 Å². The minimum Gasteiger partial charge on any atom is -0.391 e. The Morgan fingerprint density at radius 1 is 1.60 bits per heavy atom. The van der Waals surface area contributed by atoms with Crippen LogP contribution in [0.1, 0.15) is 16.8 Å². The molecule has 0 fully saturated rings. The van der Waals surface area contributed by atoms with E-state index in [1.807, 2.05) is 0 Å². The number of aliphatic hydroxyl groups is 1. The standard InChI is InChI=1S/C12H15FN2O5/c1-20-7-9(16)4-5-14-12(17)8-2-3-10(13)11(6-8)15(18)19/h2-3,6,9,16H,4-5,7H2,1H3,(H,14,17). The zero-order valence-corrected chi connectivity index (χ0v) is 10.8. The third-order valence-corrected chi connectivity index (χ3v) is 2.53. The Labute approximate surface area is 114 Å². The highest BCUT2D eigenvalue weighted by Crippen LogP contribution is 2.18. The molecule has 2 N–H and O–H groups in total. The summed E-state index contributed by atoms with van der Waals surface area (Å²) in [5, 5.41) is 22.4. The number of rotatable bonds is 7. The molecule has 1 unspecified atom stereocenters. The first-order chi connectivity index (χ1) is 9.45. The number of carbonyl (C=O) groups is 1. The zero-order chi connectivity index (χ0) is 15.1. The van der Waals surface area contributed by atoms with Crippen LogP contribution in [0, 0.1) is 15.9 Å². The van der Waals surface area contributed by atoms with Crippen LogP contribution in [0.3, 0.4) is 0 Å². The molecule has 1 atom stereocenters. The van der Waals surface area contributed by atoms with Gasteiger partial charge in [0.25, 0.3) is 5.91 Å². The van der Waals surface area contributed by atoms with Gasteiger partial charge in [0.15, 0.2) is 0 Å². The first-order valence-electron chi connectivity index (χ1n) is 5.85. The Bertz CT molecular complexity index is 495. The van der Waals surface area contributed by atoms with Crippen LogP contribution in [0.25, 0.3) is 0 Å². The van der Waals surface area contributed by atoms with E-state index in [0.29, 0.717) is 0 Å². The number of nitrogens with one attached hydrogen (secondary N) is 1. The molecule has 0 aliphatic carbocycles. The van der Waals surface area contributed by atoms with E-state index in [4.69, 9.17) is 4.74 Å². The molecular formula is C12H15FN2O5. The molecule has 1 aromatic rings. The van der Waals surface area contributed by atoms with Crippen molar-refractivity contribution in [2.75, 3.05) is 20.3 Å². The molecular weight excluding hydrogens is 271 g/mol. The summed E-state index contributed by atoms with van der Waals surface area (Å²) in [7, 11) is 1.44. The molecule has 20 heavy (non-hydrogen) atoms. The van der Waals surface area contributed by atoms with Crippen LogP contribution in [0.4, 0.5) is 10.1 Å². The lowest BCUT2D eigenvalue weighted by Crippen LogP contribution is -2.28. The Morgan fingerprint density at radius 2 is 2.30 bits per heavy atom. The van der Waals surface area contributed by atoms with Gasteiger partial charge < -0.3 is 15.2 Å². The second kappa shape index (κ2) is 7.51. The lowest BCUT2D eigenvalue weighted by molar-refractivity contribution is -0.387. The Balaban J connectivity index is 2.60. The monoisotopic (exact) mass is 286 g/mol. The third kappa shape index (κ3) is 4.56. The molecule has 0 saturated carbocycles. The van der Waals surface area contributed by atoms with Gasteiger partial charge in [-0.2, -0.15) is 4.39 Å². The Morgan fingerprint density at radius 3 is 2.90 bits per heavy atom. The second-order valence-electron chi connectivity index (χ2n) is 4.08. The van der Waals surface area contributed by atoms with Crippen molar-refractivity contribution in [1.29, 1.82) is 0 Å². The number of aliphatic hydroxyl groups excluding tert-OH is 1. The number of amides is 1. The third-order valence-electron chi connectivity index (χ3n) is 2.53. The number of nitro groups is 1. The molecule has 1 aromatic carbocycles. The summed E-state index contributed by atoms with van der Waals surface area (Å²) >= 11 is 0. The topological polar surface area (TPSA) is 102 Å². The van der Waals surface area contributed by atoms with Crippen LogP contribution in [0.2, 0.25) is 0 Å². The predicted molar refractivity (Wildman–Crippen MR) is 67.9 cm³/mol. The molecule has 8 heteroatoms. The summed E-state index contributed by atoms with van der Waals surface area (Å²) in [5.41, 5.74) is -0.767. The average Bonchev–Trinajstić information content (AvgIpc) is 2.39. The summed E-state index contributed by atoms with van der Waals surface area (Å²) < 4.78 is 17.8. The zero-order valence-electron chi connectivity index (χ0n) is 10.8. The van der Waals surface area contributed by atoms with E-state index in [9.17, 15) is 24.4 Å². The lowest BCUT2D eigenvalue weighted by Gasteiger charge is -2.10. The van der Waals surface area contributed by atoms with Crippen LogP contribution >= 0.6 is 0 Å². The van der Waals surface area contributed by atoms with Gasteiger partial charge >= 0.3 is 5.69 Å². The van der Waals surface area contributed by atoms with Crippen LogP contribution in [-0.4, -0.2) is 42.3 Å². The highest BCUT2D eigenvalue weighted by molar-refractivity contribution is 5.94. The van der Waals surface area contributed by atoms with Crippen LogP contribution < -0.4 is 5.32 Å². The van der Waals surface area contributed by atoms with Crippen molar-refractivity contribution >= 4 is 11.6 Å². The van der Waals surface area contributed by atoms with E-state index in [2.05, 4.69) is 5.32 Å². The Kier molecular flexibility index (Phi) is 6.01. The molecule has 0 radical (unpaired) electrons. The SMILES string of the molecule is COCC(O)CCNC(=O)c1ccc(F)c([N+](=O)[O-])c1. The summed E-state index contributed by atoms with van der Waals surface area (Å²) in [6, 6.07) is 2.90. The first-order valence-corrected chi connectivity index (χ1v) is 5.85. The fourth-order valence-corrected chi connectivity index (χ4v) is 1.52. The van der Waals surface area contributed by atoms with E-state index in [0.717, 1.165) is 18.2 Å². The van der Waals surface area contributed by atoms with Gasteiger partial charge in [0.2, 0.25) is 5.82 Å². The second-order valence-corrected chi connectivity index (χ2v) is 4.08. The van der Waals surface area contributed by atoms with Gasteiger partial charge in [-0.05, 0) is 18.6 Å². The molecule has 1 amide bonds.